The van der Waals surface area contributed by atoms with Gasteiger partial charge in [0.25, 0.3) is 0 Å². The average molecular weight is 338 g/mol. The normalized spacial score (nSPS) is 12.2. The lowest BCUT2D eigenvalue weighted by Crippen LogP contribution is -2.06. The van der Waals surface area contributed by atoms with E-state index in [1.807, 2.05) is 18.4 Å². The molecule has 8 heteroatoms. The molecule has 0 saturated heterocycles. The van der Waals surface area contributed by atoms with Crippen LogP contribution >= 0.6 is 11.8 Å². The topological polar surface area (TPSA) is 110 Å². The van der Waals surface area contributed by atoms with Crippen molar-refractivity contribution in [3.05, 3.63) is 29.5 Å². The van der Waals surface area contributed by atoms with Crippen molar-refractivity contribution >= 4 is 34.7 Å². The standard InChI is InChI=1S/C14H18N4O2S2/c1-20-12-10(21-2)5-8(6-11(12)22(3)19)4-9-7-17-14(16)18-13(9)15/h5-7H,4H2,1-3H3,(H4,15,16,17,18). The average Bonchev–Trinajstić information content (AvgIpc) is 2.49. The Balaban J connectivity index is 2.45. The first-order valence-electron chi connectivity index (χ1n) is 6.41. The Morgan fingerprint density at radius 2 is 2.09 bits per heavy atom. The zero-order valence-corrected chi connectivity index (χ0v) is 14.3. The highest BCUT2D eigenvalue weighted by Gasteiger charge is 2.19. The number of hydrogen-bond acceptors (Lipinski definition) is 7. The minimum atomic E-state index is -1.15. The van der Waals surface area contributed by atoms with Gasteiger partial charge in [-0.3, -0.25) is 0 Å². The van der Waals surface area contributed by atoms with Crippen LogP contribution in [0.4, 0.5) is 11.8 Å². The molecule has 0 aliphatic carbocycles. The molecule has 2 aromatic rings. The van der Waals surface area contributed by atoms with Gasteiger partial charge in [0.2, 0.25) is 5.95 Å². The number of ether oxygens (including phenoxy) is 1. The monoisotopic (exact) mass is 338 g/mol. The molecule has 0 aliphatic rings. The zero-order valence-electron chi connectivity index (χ0n) is 12.6. The lowest BCUT2D eigenvalue weighted by Gasteiger charge is -2.15. The van der Waals surface area contributed by atoms with Gasteiger partial charge in [-0.1, -0.05) is 0 Å². The fourth-order valence-corrected chi connectivity index (χ4v) is 3.57. The summed E-state index contributed by atoms with van der Waals surface area (Å²) in [4.78, 5) is 9.52. The second-order valence-electron chi connectivity index (χ2n) is 4.60. The van der Waals surface area contributed by atoms with Crippen LogP contribution < -0.4 is 16.2 Å². The number of thioether (sulfide) groups is 1. The minimum Gasteiger partial charge on any atom is -0.612 e. The number of benzene rings is 1. The third kappa shape index (κ3) is 3.57. The summed E-state index contributed by atoms with van der Waals surface area (Å²) in [5.74, 6) is 1.16. The summed E-state index contributed by atoms with van der Waals surface area (Å²) in [6.45, 7) is 0. The molecule has 1 aromatic carbocycles. The molecule has 1 heterocycles. The maximum atomic E-state index is 12.0. The quantitative estimate of drug-likeness (QED) is 0.630. The van der Waals surface area contributed by atoms with E-state index in [0.29, 0.717) is 22.9 Å². The largest absolute Gasteiger partial charge is 0.612 e. The number of nitrogens with two attached hydrogens (primary N) is 2. The number of nitrogens with zero attached hydrogens (tertiary/aromatic N) is 2. The van der Waals surface area contributed by atoms with Crippen LogP contribution in [-0.2, 0) is 17.6 Å². The number of hydrogen-bond donors (Lipinski definition) is 2. The van der Waals surface area contributed by atoms with Crippen LogP contribution in [0.2, 0.25) is 0 Å². The number of anilines is 2. The summed E-state index contributed by atoms with van der Waals surface area (Å²) in [6.07, 6.45) is 5.73. The van der Waals surface area contributed by atoms with E-state index in [1.54, 1.807) is 31.3 Å². The fraction of sp³-hybridized carbons (Fsp3) is 0.286. The molecule has 0 aliphatic heterocycles. The summed E-state index contributed by atoms with van der Waals surface area (Å²) in [5, 5.41) is 0. The molecular weight excluding hydrogens is 320 g/mol. The predicted octanol–water partition coefficient (Wildman–Crippen LogP) is 1.70. The van der Waals surface area contributed by atoms with Crippen LogP contribution in [0.1, 0.15) is 11.1 Å². The van der Waals surface area contributed by atoms with Crippen molar-refractivity contribution in [2.75, 3.05) is 31.1 Å². The Morgan fingerprint density at radius 1 is 1.36 bits per heavy atom. The van der Waals surface area contributed by atoms with Crippen molar-refractivity contribution < 1.29 is 9.29 Å². The van der Waals surface area contributed by atoms with Crippen LogP contribution in [0, 0.1) is 0 Å². The molecule has 0 fully saturated rings. The van der Waals surface area contributed by atoms with Gasteiger partial charge in [-0.2, -0.15) is 4.98 Å². The van der Waals surface area contributed by atoms with Gasteiger partial charge in [0, 0.05) is 24.2 Å². The van der Waals surface area contributed by atoms with E-state index in [2.05, 4.69) is 9.97 Å². The Labute approximate surface area is 136 Å². The summed E-state index contributed by atoms with van der Waals surface area (Å²) in [7, 11) is 1.58. The fourth-order valence-electron chi connectivity index (χ4n) is 2.09. The molecule has 0 spiro atoms. The van der Waals surface area contributed by atoms with Gasteiger partial charge >= 0.3 is 0 Å². The van der Waals surface area contributed by atoms with Crippen LogP contribution in [0.15, 0.2) is 28.1 Å². The van der Waals surface area contributed by atoms with Gasteiger partial charge in [0.05, 0.1) is 12.0 Å². The first-order valence-corrected chi connectivity index (χ1v) is 9.19. The molecule has 0 saturated carbocycles. The maximum absolute atomic E-state index is 12.0. The zero-order chi connectivity index (χ0) is 16.3. The molecule has 1 atom stereocenters. The molecule has 6 nitrogen and oxygen atoms in total. The molecule has 118 valence electrons. The van der Waals surface area contributed by atoms with Gasteiger partial charge in [-0.05, 0) is 29.1 Å². The van der Waals surface area contributed by atoms with Crippen molar-refractivity contribution in [3.8, 4) is 5.75 Å². The second-order valence-corrected chi connectivity index (χ2v) is 6.80. The molecule has 0 amide bonds. The van der Waals surface area contributed by atoms with Crippen LogP contribution in [0.25, 0.3) is 0 Å². The first-order chi connectivity index (χ1) is 10.5. The SMILES string of the molecule is COc1c(SC)cc(Cc2cnc(N)nc2N)cc1[S+](C)[O-]. The van der Waals surface area contributed by atoms with E-state index < -0.39 is 11.2 Å². The highest BCUT2D eigenvalue weighted by atomic mass is 32.2. The lowest BCUT2D eigenvalue weighted by atomic mass is 10.1. The molecule has 2 rings (SSSR count). The van der Waals surface area contributed by atoms with Crippen molar-refractivity contribution in [2.24, 2.45) is 0 Å². The highest BCUT2D eigenvalue weighted by molar-refractivity contribution is 7.98. The van der Waals surface area contributed by atoms with Gasteiger partial charge < -0.3 is 20.8 Å². The van der Waals surface area contributed by atoms with Gasteiger partial charge in [0.15, 0.2) is 10.6 Å². The maximum Gasteiger partial charge on any atom is 0.221 e. The summed E-state index contributed by atoms with van der Waals surface area (Å²) in [6, 6.07) is 3.86. The highest BCUT2D eigenvalue weighted by Crippen LogP contribution is 2.36. The number of aromatic nitrogens is 2. The van der Waals surface area contributed by atoms with E-state index >= 15 is 0 Å². The third-order valence-corrected chi connectivity index (χ3v) is 4.79. The van der Waals surface area contributed by atoms with Crippen molar-refractivity contribution in [1.82, 2.24) is 9.97 Å². The van der Waals surface area contributed by atoms with E-state index in [-0.39, 0.29) is 5.95 Å². The van der Waals surface area contributed by atoms with Crippen LogP contribution in [0.5, 0.6) is 5.75 Å². The molecule has 0 radical (unpaired) electrons. The minimum absolute atomic E-state index is 0.149. The Kier molecular flexibility index (Phi) is 5.38. The molecule has 0 bridgehead atoms. The Bertz CT molecular complexity index is 680. The van der Waals surface area contributed by atoms with Gasteiger partial charge in [-0.25, -0.2) is 4.98 Å². The summed E-state index contributed by atoms with van der Waals surface area (Å²) in [5.41, 5.74) is 13.1. The van der Waals surface area contributed by atoms with E-state index in [9.17, 15) is 4.55 Å². The molecule has 1 aromatic heterocycles. The van der Waals surface area contributed by atoms with E-state index in [1.165, 1.54) is 0 Å². The number of methoxy groups -OCH3 is 1. The molecule has 4 N–H and O–H groups in total. The predicted molar refractivity (Wildman–Crippen MR) is 90.8 cm³/mol. The van der Waals surface area contributed by atoms with Gasteiger partial charge in [-0.15, -0.1) is 11.8 Å². The second kappa shape index (κ2) is 7.08. The lowest BCUT2D eigenvalue weighted by molar-refractivity contribution is 0.392. The van der Waals surface area contributed by atoms with Crippen molar-refractivity contribution in [1.29, 1.82) is 0 Å². The summed E-state index contributed by atoms with van der Waals surface area (Å²) < 4.78 is 17.4. The van der Waals surface area contributed by atoms with E-state index in [4.69, 9.17) is 16.2 Å². The molecule has 22 heavy (non-hydrogen) atoms. The third-order valence-electron chi connectivity index (χ3n) is 3.13. The van der Waals surface area contributed by atoms with Gasteiger partial charge in [0.1, 0.15) is 12.1 Å². The summed E-state index contributed by atoms with van der Waals surface area (Å²) >= 11 is 0.391. The van der Waals surface area contributed by atoms with Crippen LogP contribution in [0.3, 0.4) is 0 Å². The number of rotatable bonds is 5. The van der Waals surface area contributed by atoms with Crippen molar-refractivity contribution in [2.45, 2.75) is 16.2 Å². The number of nitrogen functional groups attached to an aromatic ring is 2. The molecular formula is C14H18N4O2S2. The Hall–Kier alpha value is -1.64. The molecule has 1 unspecified atom stereocenters. The smallest absolute Gasteiger partial charge is 0.221 e. The van der Waals surface area contributed by atoms with E-state index in [0.717, 1.165) is 16.0 Å². The van der Waals surface area contributed by atoms with Crippen LogP contribution in [-0.4, -0.2) is 34.1 Å². The van der Waals surface area contributed by atoms with Crippen molar-refractivity contribution in [3.63, 3.8) is 0 Å². The first kappa shape index (κ1) is 16.7. The Morgan fingerprint density at radius 3 is 2.64 bits per heavy atom.